The second-order valence-corrected chi connectivity index (χ2v) is 16.6. The molecule has 0 saturated heterocycles. The SMILES string of the molecule is Cc1ccnc(-n2c3ccccc3c3ccc(Oc4cccc(-n5nc(C(C)(C)C)c(-c6ccc(C(C)(C)C)cc6)c5C(C)(C)C)c4)cc32)c1. The summed E-state index contributed by atoms with van der Waals surface area (Å²) in [4.78, 5) is 4.74. The van der Waals surface area contributed by atoms with Crippen molar-refractivity contribution in [3.63, 3.8) is 0 Å². The van der Waals surface area contributed by atoms with Crippen LogP contribution in [-0.2, 0) is 16.2 Å². The van der Waals surface area contributed by atoms with Gasteiger partial charge in [-0.3, -0.25) is 4.57 Å². The van der Waals surface area contributed by atoms with Crippen molar-refractivity contribution in [3.8, 4) is 34.1 Å². The summed E-state index contributed by atoms with van der Waals surface area (Å²) in [5.74, 6) is 2.40. The molecule has 3 aromatic heterocycles. The van der Waals surface area contributed by atoms with Crippen molar-refractivity contribution in [1.29, 1.82) is 0 Å². The fraction of sp³-hybridized carbons (Fsp3) is 0.289. The lowest BCUT2D eigenvalue weighted by molar-refractivity contribution is 0.482. The summed E-state index contributed by atoms with van der Waals surface area (Å²) in [6.45, 7) is 22.5. The number of hydrogen-bond acceptors (Lipinski definition) is 3. The van der Waals surface area contributed by atoms with Crippen LogP contribution in [0.5, 0.6) is 11.5 Å². The maximum absolute atomic E-state index is 6.64. The van der Waals surface area contributed by atoms with Crippen LogP contribution in [0.2, 0.25) is 0 Å². The minimum Gasteiger partial charge on any atom is -0.457 e. The van der Waals surface area contributed by atoms with E-state index in [1.165, 1.54) is 27.8 Å². The lowest BCUT2D eigenvalue weighted by Gasteiger charge is -2.25. The second kappa shape index (κ2) is 12.0. The standard InChI is InChI=1S/C45H48N4O/c1-29-24-25-46-39(26-29)48-37-17-12-11-16-35(37)36-23-22-34(28-38(36)48)50-33-15-13-14-32(27-33)49-42(45(8,9)10)40(41(47-49)44(5,6)7)30-18-20-31(21-19-30)43(2,3)4/h11-28H,1-10H3. The molecule has 0 atom stereocenters. The Morgan fingerprint density at radius 1 is 0.600 bits per heavy atom. The van der Waals surface area contributed by atoms with E-state index in [1.54, 1.807) is 0 Å². The molecule has 254 valence electrons. The highest BCUT2D eigenvalue weighted by Crippen LogP contribution is 2.43. The smallest absolute Gasteiger partial charge is 0.137 e. The molecule has 7 aromatic rings. The third-order valence-electron chi connectivity index (χ3n) is 9.42. The summed E-state index contributed by atoms with van der Waals surface area (Å²) in [5.41, 5.74) is 10.0. The number of nitrogens with zero attached hydrogens (tertiary/aromatic N) is 4. The maximum Gasteiger partial charge on any atom is 0.137 e. The van der Waals surface area contributed by atoms with Crippen molar-refractivity contribution in [2.75, 3.05) is 0 Å². The largest absolute Gasteiger partial charge is 0.457 e. The Hall–Kier alpha value is -5.16. The van der Waals surface area contributed by atoms with Gasteiger partial charge in [-0.1, -0.05) is 111 Å². The van der Waals surface area contributed by atoms with Gasteiger partial charge in [-0.2, -0.15) is 5.10 Å². The molecule has 5 nitrogen and oxygen atoms in total. The van der Waals surface area contributed by atoms with E-state index in [2.05, 4.69) is 169 Å². The quantitative estimate of drug-likeness (QED) is 0.185. The first-order chi connectivity index (χ1) is 23.6. The Bertz CT molecular complexity index is 2350. The van der Waals surface area contributed by atoms with E-state index in [-0.39, 0.29) is 16.2 Å². The summed E-state index contributed by atoms with van der Waals surface area (Å²) >= 11 is 0. The zero-order valence-electron chi connectivity index (χ0n) is 31.1. The van der Waals surface area contributed by atoms with E-state index in [1.807, 2.05) is 18.3 Å². The molecule has 0 radical (unpaired) electrons. The molecule has 0 spiro atoms. The number of fused-ring (bicyclic) bond motifs is 3. The molecule has 0 aliphatic rings. The molecule has 5 heteroatoms. The highest BCUT2D eigenvalue weighted by Gasteiger charge is 2.33. The normalized spacial score (nSPS) is 12.6. The topological polar surface area (TPSA) is 44.9 Å². The van der Waals surface area contributed by atoms with Crippen molar-refractivity contribution < 1.29 is 4.74 Å². The zero-order valence-corrected chi connectivity index (χ0v) is 31.1. The van der Waals surface area contributed by atoms with Crippen molar-refractivity contribution >= 4 is 21.8 Å². The molecule has 0 unspecified atom stereocenters. The summed E-state index contributed by atoms with van der Waals surface area (Å²) < 4.78 is 11.0. The highest BCUT2D eigenvalue weighted by atomic mass is 16.5. The molecule has 0 saturated carbocycles. The van der Waals surface area contributed by atoms with Crippen LogP contribution >= 0.6 is 0 Å². The third-order valence-corrected chi connectivity index (χ3v) is 9.42. The molecular formula is C45H48N4O. The molecule has 0 bridgehead atoms. The van der Waals surface area contributed by atoms with Gasteiger partial charge in [-0.05, 0) is 71.5 Å². The number of para-hydroxylation sites is 1. The predicted octanol–water partition coefficient (Wildman–Crippen LogP) is 12.0. The van der Waals surface area contributed by atoms with Gasteiger partial charge in [0.2, 0.25) is 0 Å². The van der Waals surface area contributed by atoms with Gasteiger partial charge in [0, 0.05) is 45.5 Å². The van der Waals surface area contributed by atoms with Crippen LogP contribution < -0.4 is 4.74 Å². The number of aromatic nitrogens is 4. The van der Waals surface area contributed by atoms with Gasteiger partial charge in [0.1, 0.15) is 17.3 Å². The van der Waals surface area contributed by atoms with E-state index in [9.17, 15) is 0 Å². The third kappa shape index (κ3) is 6.10. The molecule has 4 aromatic carbocycles. The summed E-state index contributed by atoms with van der Waals surface area (Å²) in [5, 5.41) is 7.73. The molecule has 3 heterocycles. The Kier molecular flexibility index (Phi) is 8.01. The minimum absolute atomic E-state index is 0.0848. The zero-order chi connectivity index (χ0) is 35.6. The lowest BCUT2D eigenvalue weighted by atomic mass is 9.80. The molecule has 0 aliphatic heterocycles. The molecular weight excluding hydrogens is 613 g/mol. The van der Waals surface area contributed by atoms with E-state index in [4.69, 9.17) is 14.8 Å². The van der Waals surface area contributed by atoms with Gasteiger partial charge in [0.25, 0.3) is 0 Å². The van der Waals surface area contributed by atoms with Gasteiger partial charge < -0.3 is 4.74 Å². The number of aryl methyl sites for hydroxylation is 1. The predicted molar refractivity (Wildman–Crippen MR) is 208 cm³/mol. The van der Waals surface area contributed by atoms with E-state index < -0.39 is 0 Å². The molecule has 50 heavy (non-hydrogen) atoms. The first-order valence-electron chi connectivity index (χ1n) is 17.6. The minimum atomic E-state index is -0.187. The second-order valence-electron chi connectivity index (χ2n) is 16.6. The molecule has 0 fully saturated rings. The Balaban J connectivity index is 1.33. The van der Waals surface area contributed by atoms with Crippen LogP contribution in [-0.4, -0.2) is 19.3 Å². The van der Waals surface area contributed by atoms with Crippen molar-refractivity contribution in [2.24, 2.45) is 0 Å². The number of ether oxygens (including phenoxy) is 1. The summed E-state index contributed by atoms with van der Waals surface area (Å²) in [7, 11) is 0. The highest BCUT2D eigenvalue weighted by molar-refractivity contribution is 6.09. The molecule has 0 N–H and O–H groups in total. The first-order valence-corrected chi connectivity index (χ1v) is 17.6. The maximum atomic E-state index is 6.64. The fourth-order valence-corrected chi connectivity index (χ4v) is 6.95. The number of pyridine rings is 1. The monoisotopic (exact) mass is 660 g/mol. The van der Waals surface area contributed by atoms with E-state index in [0.717, 1.165) is 50.7 Å². The first kappa shape index (κ1) is 33.3. The van der Waals surface area contributed by atoms with Crippen LogP contribution in [0.4, 0.5) is 0 Å². The lowest BCUT2D eigenvalue weighted by Crippen LogP contribution is -2.19. The van der Waals surface area contributed by atoms with Crippen molar-refractivity contribution in [3.05, 3.63) is 132 Å². The van der Waals surface area contributed by atoms with E-state index in [0.29, 0.717) is 0 Å². The van der Waals surface area contributed by atoms with Gasteiger partial charge in [-0.15, -0.1) is 0 Å². The molecule has 0 amide bonds. The molecule has 7 rings (SSSR count). The average molecular weight is 661 g/mol. The van der Waals surface area contributed by atoms with Crippen LogP contribution in [0.1, 0.15) is 84.8 Å². The van der Waals surface area contributed by atoms with Crippen LogP contribution in [0.25, 0.3) is 44.4 Å². The summed E-state index contributed by atoms with van der Waals surface area (Å²) in [6, 6.07) is 36.3. The van der Waals surface area contributed by atoms with E-state index >= 15 is 0 Å². The van der Waals surface area contributed by atoms with Crippen LogP contribution in [0.3, 0.4) is 0 Å². The number of rotatable bonds is 5. The van der Waals surface area contributed by atoms with Crippen molar-refractivity contribution in [2.45, 2.75) is 85.5 Å². The van der Waals surface area contributed by atoms with Gasteiger partial charge in [0.15, 0.2) is 0 Å². The number of benzene rings is 4. The Morgan fingerprint density at radius 3 is 1.98 bits per heavy atom. The molecule has 0 aliphatic carbocycles. The average Bonchev–Trinajstić information content (AvgIpc) is 3.62. The van der Waals surface area contributed by atoms with Gasteiger partial charge in [-0.25, -0.2) is 9.67 Å². The fourth-order valence-electron chi connectivity index (χ4n) is 6.95. The van der Waals surface area contributed by atoms with Crippen LogP contribution in [0, 0.1) is 6.92 Å². The Morgan fingerprint density at radius 2 is 1.30 bits per heavy atom. The van der Waals surface area contributed by atoms with Gasteiger partial charge in [0.05, 0.1) is 28.1 Å². The Labute approximate surface area is 296 Å². The van der Waals surface area contributed by atoms with Crippen molar-refractivity contribution in [1.82, 2.24) is 19.3 Å². The summed E-state index contributed by atoms with van der Waals surface area (Å²) in [6.07, 6.45) is 1.87. The van der Waals surface area contributed by atoms with Crippen LogP contribution in [0.15, 0.2) is 109 Å². The van der Waals surface area contributed by atoms with Gasteiger partial charge >= 0.3 is 0 Å². The number of hydrogen-bond donors (Lipinski definition) is 0.